The molecule has 0 bridgehead atoms. The van der Waals surface area contributed by atoms with E-state index in [0.29, 0.717) is 16.5 Å². The summed E-state index contributed by atoms with van der Waals surface area (Å²) in [4.78, 5) is 45.1. The van der Waals surface area contributed by atoms with Gasteiger partial charge < -0.3 is 10.6 Å². The van der Waals surface area contributed by atoms with Crippen LogP contribution in [0.4, 0.5) is 11.4 Å². The largest absolute Gasteiger partial charge is 0.326 e. The topological polar surface area (TPSA) is 93.1 Å². The third kappa shape index (κ3) is 5.02. The van der Waals surface area contributed by atoms with Crippen LogP contribution in [0.1, 0.15) is 68.9 Å². The van der Waals surface area contributed by atoms with Gasteiger partial charge in [-0.2, -0.15) is 0 Å². The number of nitrogens with one attached hydrogen (secondary N) is 2. The van der Waals surface area contributed by atoms with Gasteiger partial charge in [-0.05, 0) is 75.3 Å². The summed E-state index contributed by atoms with van der Waals surface area (Å²) < 4.78 is 1.90. The lowest BCUT2D eigenvalue weighted by atomic mass is 9.97. The number of amides is 2. The predicted molar refractivity (Wildman–Crippen MR) is 143 cm³/mol. The van der Waals surface area contributed by atoms with E-state index < -0.39 is 5.25 Å². The molecular weight excluding hydrogens is 480 g/mol. The highest BCUT2D eigenvalue weighted by molar-refractivity contribution is 8.00. The lowest BCUT2D eigenvalue weighted by molar-refractivity contribution is -0.115. The molecule has 1 saturated carbocycles. The Hall–Kier alpha value is -2.65. The maximum atomic E-state index is 13.8. The molecule has 1 aromatic carbocycles. The van der Waals surface area contributed by atoms with E-state index in [4.69, 9.17) is 4.98 Å². The zero-order valence-electron chi connectivity index (χ0n) is 20.1. The van der Waals surface area contributed by atoms with Gasteiger partial charge in [-0.3, -0.25) is 19.0 Å². The third-order valence-corrected chi connectivity index (χ3v) is 9.05. The second kappa shape index (κ2) is 10.1. The Kier molecular flexibility index (Phi) is 6.98. The molecule has 7 nitrogen and oxygen atoms in total. The minimum atomic E-state index is -0.434. The maximum Gasteiger partial charge on any atom is 0.263 e. The molecule has 5 rings (SSSR count). The summed E-state index contributed by atoms with van der Waals surface area (Å²) in [6.07, 6.45) is 8.48. The van der Waals surface area contributed by atoms with Crippen molar-refractivity contribution in [2.75, 3.05) is 10.6 Å². The number of carbonyl (C=O) groups is 2. The van der Waals surface area contributed by atoms with E-state index in [0.717, 1.165) is 55.2 Å². The molecule has 0 saturated heterocycles. The van der Waals surface area contributed by atoms with Crippen molar-refractivity contribution in [3.05, 3.63) is 45.1 Å². The summed E-state index contributed by atoms with van der Waals surface area (Å²) in [6.45, 7) is 3.30. The molecular formula is C26H30N4O3S2. The van der Waals surface area contributed by atoms with Gasteiger partial charge in [-0.25, -0.2) is 4.98 Å². The number of hydrogen-bond donors (Lipinski definition) is 2. The monoisotopic (exact) mass is 510 g/mol. The predicted octanol–water partition coefficient (Wildman–Crippen LogP) is 5.53. The fourth-order valence-electron chi connectivity index (χ4n) is 5.06. The minimum absolute atomic E-state index is 0.0740. The second-order valence-electron chi connectivity index (χ2n) is 9.41. The normalized spacial score (nSPS) is 16.7. The third-order valence-electron chi connectivity index (χ3n) is 6.80. The highest BCUT2D eigenvalue weighted by Gasteiger charge is 2.28. The first kappa shape index (κ1) is 24.1. The molecule has 1 atom stereocenters. The van der Waals surface area contributed by atoms with E-state index in [1.165, 1.54) is 35.5 Å². The molecule has 0 aliphatic heterocycles. The molecule has 9 heteroatoms. The Labute approximate surface area is 212 Å². The summed E-state index contributed by atoms with van der Waals surface area (Å²) in [7, 11) is 0. The molecule has 2 heterocycles. The van der Waals surface area contributed by atoms with Crippen molar-refractivity contribution in [2.24, 2.45) is 0 Å². The number of fused-ring (bicyclic) bond motifs is 3. The number of anilines is 2. The van der Waals surface area contributed by atoms with Crippen LogP contribution >= 0.6 is 23.1 Å². The number of aromatic nitrogens is 2. The van der Waals surface area contributed by atoms with Gasteiger partial charge in [0.15, 0.2) is 5.16 Å². The summed E-state index contributed by atoms with van der Waals surface area (Å²) in [6, 6.07) is 7.17. The number of thioether (sulfide) groups is 1. The van der Waals surface area contributed by atoms with Gasteiger partial charge >= 0.3 is 0 Å². The minimum Gasteiger partial charge on any atom is -0.326 e. The number of hydrogen-bond acceptors (Lipinski definition) is 6. The first-order valence-electron chi connectivity index (χ1n) is 12.3. The lowest BCUT2D eigenvalue weighted by Crippen LogP contribution is -2.29. The van der Waals surface area contributed by atoms with Crippen molar-refractivity contribution in [2.45, 2.75) is 81.7 Å². The van der Waals surface area contributed by atoms with Gasteiger partial charge in [0, 0.05) is 29.2 Å². The lowest BCUT2D eigenvalue weighted by Gasteiger charge is -2.20. The molecule has 0 spiro atoms. The Morgan fingerprint density at radius 1 is 1.06 bits per heavy atom. The van der Waals surface area contributed by atoms with Crippen molar-refractivity contribution in [3.63, 3.8) is 0 Å². The Morgan fingerprint density at radius 2 is 1.71 bits per heavy atom. The van der Waals surface area contributed by atoms with E-state index >= 15 is 0 Å². The summed E-state index contributed by atoms with van der Waals surface area (Å²) >= 11 is 3.01. The Balaban J connectivity index is 1.41. The zero-order chi connectivity index (χ0) is 24.5. The van der Waals surface area contributed by atoms with Gasteiger partial charge in [0.05, 0.1) is 10.6 Å². The van der Waals surface area contributed by atoms with Gasteiger partial charge in [0.2, 0.25) is 11.8 Å². The van der Waals surface area contributed by atoms with Gasteiger partial charge in [-0.1, -0.05) is 24.6 Å². The van der Waals surface area contributed by atoms with Crippen LogP contribution in [-0.2, 0) is 22.4 Å². The van der Waals surface area contributed by atoms with E-state index in [2.05, 4.69) is 10.6 Å². The standard InChI is InChI=1S/C26H30N4O3S2/c1-15(23(32)28-18-13-11-17(12-14-18)27-16(2)31)34-26-29-24-22(20-9-5-6-10-21(20)35-24)25(33)30(26)19-7-3-4-8-19/h11-15,19H,3-10H2,1-2H3,(H,27,31)(H,28,32). The van der Waals surface area contributed by atoms with Crippen molar-refractivity contribution in [1.82, 2.24) is 9.55 Å². The molecule has 184 valence electrons. The molecule has 2 N–H and O–H groups in total. The van der Waals surface area contributed by atoms with Crippen molar-refractivity contribution < 1.29 is 9.59 Å². The van der Waals surface area contributed by atoms with Crippen LogP contribution in [0.2, 0.25) is 0 Å². The summed E-state index contributed by atoms with van der Waals surface area (Å²) in [5.74, 6) is -0.295. The number of benzene rings is 1. The molecule has 3 aromatic rings. The summed E-state index contributed by atoms with van der Waals surface area (Å²) in [5, 5.41) is 6.69. The quantitative estimate of drug-likeness (QED) is 0.336. The van der Waals surface area contributed by atoms with Crippen LogP contribution in [0, 0.1) is 0 Å². The van der Waals surface area contributed by atoms with Gasteiger partial charge in [-0.15, -0.1) is 11.3 Å². The SMILES string of the molecule is CC(=O)Nc1ccc(NC(=O)C(C)Sc2nc3sc4c(c3c(=O)n2C2CCCC2)CCCC4)cc1. The van der Waals surface area contributed by atoms with Gasteiger partial charge in [0.25, 0.3) is 5.56 Å². The smallest absolute Gasteiger partial charge is 0.263 e. The Morgan fingerprint density at radius 3 is 2.40 bits per heavy atom. The molecule has 2 aliphatic carbocycles. The van der Waals surface area contributed by atoms with Crippen LogP contribution in [0.3, 0.4) is 0 Å². The van der Waals surface area contributed by atoms with Crippen LogP contribution in [-0.4, -0.2) is 26.6 Å². The number of nitrogens with zero attached hydrogens (tertiary/aromatic N) is 2. The highest BCUT2D eigenvalue weighted by atomic mass is 32.2. The van der Waals surface area contributed by atoms with E-state index in [9.17, 15) is 14.4 Å². The summed E-state index contributed by atoms with van der Waals surface area (Å²) in [5.41, 5.74) is 2.62. The van der Waals surface area contributed by atoms with Crippen LogP contribution in [0.5, 0.6) is 0 Å². The fourth-order valence-corrected chi connectivity index (χ4v) is 7.34. The molecule has 35 heavy (non-hydrogen) atoms. The van der Waals surface area contributed by atoms with Crippen molar-refractivity contribution >= 4 is 56.5 Å². The molecule has 2 amide bonds. The van der Waals surface area contributed by atoms with Gasteiger partial charge in [0.1, 0.15) is 4.83 Å². The number of aryl methyl sites for hydroxylation is 2. The fraction of sp³-hybridized carbons (Fsp3) is 0.462. The van der Waals surface area contributed by atoms with Crippen LogP contribution in [0.15, 0.2) is 34.2 Å². The second-order valence-corrected chi connectivity index (χ2v) is 11.8. The van der Waals surface area contributed by atoms with Crippen LogP contribution in [0.25, 0.3) is 10.2 Å². The van der Waals surface area contributed by atoms with Crippen molar-refractivity contribution in [3.8, 4) is 0 Å². The highest BCUT2D eigenvalue weighted by Crippen LogP contribution is 2.38. The average molecular weight is 511 g/mol. The molecule has 2 aromatic heterocycles. The average Bonchev–Trinajstić information content (AvgIpc) is 3.48. The number of thiophene rings is 1. The first-order chi connectivity index (χ1) is 16.9. The molecule has 0 radical (unpaired) electrons. The Bertz CT molecular complexity index is 1320. The molecule has 2 aliphatic rings. The van der Waals surface area contributed by atoms with E-state index in [-0.39, 0.29) is 23.4 Å². The maximum absolute atomic E-state index is 13.8. The van der Waals surface area contributed by atoms with Crippen molar-refractivity contribution in [1.29, 1.82) is 0 Å². The van der Waals surface area contributed by atoms with Crippen LogP contribution < -0.4 is 16.2 Å². The number of carbonyl (C=O) groups excluding carboxylic acids is 2. The van der Waals surface area contributed by atoms with E-state index in [1.54, 1.807) is 35.6 Å². The first-order valence-corrected chi connectivity index (χ1v) is 14.0. The molecule has 1 unspecified atom stereocenters. The number of rotatable bonds is 6. The van der Waals surface area contributed by atoms with E-state index in [1.807, 2.05) is 11.5 Å². The molecule has 1 fully saturated rings. The zero-order valence-corrected chi connectivity index (χ0v) is 21.7.